The second kappa shape index (κ2) is 6.81. The average Bonchev–Trinajstić information content (AvgIpc) is 2.48. The van der Waals surface area contributed by atoms with Crippen LogP contribution in [0.25, 0.3) is 0 Å². The number of nitrogens with two attached hydrogens (primary N) is 1. The molecule has 0 aliphatic heterocycles. The average molecular weight is 289 g/mol. The van der Waals surface area contributed by atoms with Crippen LogP contribution in [0, 0.1) is 5.82 Å². The van der Waals surface area contributed by atoms with Gasteiger partial charge in [0.15, 0.2) is 0 Å². The SMILES string of the molecule is CCNC(=O)c1cc(Oc2ccc(CN)c(F)c2)ccn1. The van der Waals surface area contributed by atoms with E-state index < -0.39 is 5.82 Å². The number of hydrogen-bond donors (Lipinski definition) is 2. The number of nitrogens with one attached hydrogen (secondary N) is 1. The zero-order chi connectivity index (χ0) is 15.2. The third kappa shape index (κ3) is 3.76. The molecule has 3 N–H and O–H groups in total. The Balaban J connectivity index is 2.18. The van der Waals surface area contributed by atoms with Gasteiger partial charge in [0.1, 0.15) is 23.0 Å². The Morgan fingerprint density at radius 3 is 2.76 bits per heavy atom. The van der Waals surface area contributed by atoms with E-state index in [1.807, 2.05) is 6.92 Å². The van der Waals surface area contributed by atoms with Gasteiger partial charge in [0.05, 0.1) is 0 Å². The van der Waals surface area contributed by atoms with Gasteiger partial charge in [0.25, 0.3) is 5.91 Å². The van der Waals surface area contributed by atoms with E-state index in [0.717, 1.165) is 0 Å². The smallest absolute Gasteiger partial charge is 0.270 e. The summed E-state index contributed by atoms with van der Waals surface area (Å²) in [6.07, 6.45) is 1.46. The van der Waals surface area contributed by atoms with E-state index in [-0.39, 0.29) is 18.1 Å². The molecule has 2 aromatic rings. The maximum absolute atomic E-state index is 13.6. The van der Waals surface area contributed by atoms with E-state index in [2.05, 4.69) is 10.3 Å². The first kappa shape index (κ1) is 14.9. The minimum atomic E-state index is -0.423. The summed E-state index contributed by atoms with van der Waals surface area (Å²) in [5, 5.41) is 2.65. The van der Waals surface area contributed by atoms with Gasteiger partial charge in [-0.2, -0.15) is 0 Å². The second-order valence-corrected chi connectivity index (χ2v) is 4.30. The number of pyridine rings is 1. The van der Waals surface area contributed by atoms with Crippen LogP contribution < -0.4 is 15.8 Å². The van der Waals surface area contributed by atoms with Gasteiger partial charge in [-0.05, 0) is 19.1 Å². The molecule has 6 heteroatoms. The standard InChI is InChI=1S/C15H16FN3O2/c1-2-18-15(20)14-8-12(5-6-19-14)21-11-4-3-10(9-17)13(16)7-11/h3-8H,2,9,17H2,1H3,(H,18,20). The van der Waals surface area contributed by atoms with Crippen molar-refractivity contribution in [2.75, 3.05) is 6.54 Å². The Morgan fingerprint density at radius 1 is 1.33 bits per heavy atom. The molecular weight excluding hydrogens is 273 g/mol. The fourth-order valence-electron chi connectivity index (χ4n) is 1.74. The zero-order valence-corrected chi connectivity index (χ0v) is 11.6. The number of rotatable bonds is 5. The van der Waals surface area contributed by atoms with Crippen molar-refractivity contribution < 1.29 is 13.9 Å². The van der Waals surface area contributed by atoms with Crippen molar-refractivity contribution in [2.24, 2.45) is 5.73 Å². The molecule has 0 unspecified atom stereocenters. The number of halogens is 1. The number of benzene rings is 1. The molecule has 0 spiro atoms. The molecule has 0 fully saturated rings. The third-order valence-electron chi connectivity index (χ3n) is 2.78. The number of carbonyl (C=O) groups is 1. The van der Waals surface area contributed by atoms with Crippen LogP contribution in [0.3, 0.4) is 0 Å². The lowest BCUT2D eigenvalue weighted by Crippen LogP contribution is -2.23. The van der Waals surface area contributed by atoms with E-state index in [0.29, 0.717) is 23.6 Å². The van der Waals surface area contributed by atoms with Gasteiger partial charge in [-0.3, -0.25) is 9.78 Å². The van der Waals surface area contributed by atoms with Crippen LogP contribution in [0.4, 0.5) is 4.39 Å². The molecule has 0 radical (unpaired) electrons. The lowest BCUT2D eigenvalue weighted by molar-refractivity contribution is 0.0950. The van der Waals surface area contributed by atoms with Gasteiger partial charge in [0.2, 0.25) is 0 Å². The highest BCUT2D eigenvalue weighted by molar-refractivity contribution is 5.92. The fraction of sp³-hybridized carbons (Fsp3) is 0.200. The van der Waals surface area contributed by atoms with E-state index in [4.69, 9.17) is 10.5 Å². The summed E-state index contributed by atoms with van der Waals surface area (Å²) in [5.41, 5.74) is 6.06. The van der Waals surface area contributed by atoms with E-state index in [1.54, 1.807) is 18.2 Å². The molecule has 1 amide bonds. The monoisotopic (exact) mass is 289 g/mol. The zero-order valence-electron chi connectivity index (χ0n) is 11.6. The van der Waals surface area contributed by atoms with Gasteiger partial charge in [-0.25, -0.2) is 4.39 Å². The minimum Gasteiger partial charge on any atom is -0.457 e. The first-order valence-corrected chi connectivity index (χ1v) is 6.54. The molecule has 5 nitrogen and oxygen atoms in total. The normalized spacial score (nSPS) is 10.2. The van der Waals surface area contributed by atoms with Crippen molar-refractivity contribution in [2.45, 2.75) is 13.5 Å². The molecule has 2 rings (SSSR count). The molecule has 1 aromatic heterocycles. The van der Waals surface area contributed by atoms with Crippen LogP contribution in [-0.2, 0) is 6.54 Å². The Kier molecular flexibility index (Phi) is 4.84. The van der Waals surface area contributed by atoms with Crippen LogP contribution in [0.15, 0.2) is 36.5 Å². The first-order valence-electron chi connectivity index (χ1n) is 6.54. The molecular formula is C15H16FN3O2. The highest BCUT2D eigenvalue weighted by Crippen LogP contribution is 2.23. The quantitative estimate of drug-likeness (QED) is 0.884. The summed E-state index contributed by atoms with van der Waals surface area (Å²) in [6.45, 7) is 2.46. The van der Waals surface area contributed by atoms with E-state index in [9.17, 15) is 9.18 Å². The van der Waals surface area contributed by atoms with Crippen LogP contribution in [0.1, 0.15) is 23.0 Å². The van der Waals surface area contributed by atoms with Crippen LogP contribution in [-0.4, -0.2) is 17.4 Å². The fourth-order valence-corrected chi connectivity index (χ4v) is 1.74. The largest absolute Gasteiger partial charge is 0.457 e. The van der Waals surface area contributed by atoms with Crippen molar-refractivity contribution in [3.63, 3.8) is 0 Å². The summed E-state index contributed by atoms with van der Waals surface area (Å²) in [6, 6.07) is 7.54. The molecule has 1 aromatic carbocycles. The third-order valence-corrected chi connectivity index (χ3v) is 2.78. The Hall–Kier alpha value is -2.47. The molecule has 0 aliphatic rings. The number of nitrogens with zero attached hydrogens (tertiary/aromatic N) is 1. The molecule has 21 heavy (non-hydrogen) atoms. The maximum Gasteiger partial charge on any atom is 0.270 e. The summed E-state index contributed by atoms with van der Waals surface area (Å²) >= 11 is 0. The van der Waals surface area contributed by atoms with Gasteiger partial charge < -0.3 is 15.8 Å². The van der Waals surface area contributed by atoms with Crippen molar-refractivity contribution in [3.8, 4) is 11.5 Å². The first-order chi connectivity index (χ1) is 10.1. The number of ether oxygens (including phenoxy) is 1. The number of hydrogen-bond acceptors (Lipinski definition) is 4. The Bertz CT molecular complexity index is 647. The predicted octanol–water partition coefficient (Wildman–Crippen LogP) is 2.22. The molecule has 0 aliphatic carbocycles. The molecule has 1 heterocycles. The number of aromatic nitrogens is 1. The van der Waals surface area contributed by atoms with E-state index >= 15 is 0 Å². The predicted molar refractivity (Wildman–Crippen MR) is 76.6 cm³/mol. The van der Waals surface area contributed by atoms with Crippen LogP contribution in [0.2, 0.25) is 0 Å². The van der Waals surface area contributed by atoms with Gasteiger partial charge in [-0.15, -0.1) is 0 Å². The number of carbonyl (C=O) groups excluding carboxylic acids is 1. The molecule has 0 atom stereocenters. The van der Waals surface area contributed by atoms with Gasteiger partial charge in [-0.1, -0.05) is 6.07 Å². The van der Waals surface area contributed by atoms with Crippen molar-refractivity contribution in [1.82, 2.24) is 10.3 Å². The lowest BCUT2D eigenvalue weighted by Gasteiger charge is -2.08. The summed E-state index contributed by atoms with van der Waals surface area (Å²) in [7, 11) is 0. The van der Waals surface area contributed by atoms with Crippen molar-refractivity contribution in [1.29, 1.82) is 0 Å². The highest BCUT2D eigenvalue weighted by atomic mass is 19.1. The summed E-state index contributed by atoms with van der Waals surface area (Å²) in [4.78, 5) is 15.6. The molecule has 0 saturated carbocycles. The van der Waals surface area contributed by atoms with Crippen LogP contribution in [0.5, 0.6) is 11.5 Å². The van der Waals surface area contributed by atoms with Gasteiger partial charge in [0, 0.05) is 37.0 Å². The lowest BCUT2D eigenvalue weighted by atomic mass is 10.2. The second-order valence-electron chi connectivity index (χ2n) is 4.30. The Labute approximate surface area is 121 Å². The topological polar surface area (TPSA) is 77.2 Å². The Morgan fingerprint density at radius 2 is 2.10 bits per heavy atom. The maximum atomic E-state index is 13.6. The summed E-state index contributed by atoms with van der Waals surface area (Å²) in [5.74, 6) is 0.0320. The van der Waals surface area contributed by atoms with Gasteiger partial charge >= 0.3 is 0 Å². The number of amides is 1. The van der Waals surface area contributed by atoms with Crippen LogP contribution >= 0.6 is 0 Å². The van der Waals surface area contributed by atoms with Crippen molar-refractivity contribution >= 4 is 5.91 Å². The van der Waals surface area contributed by atoms with Crippen molar-refractivity contribution in [3.05, 3.63) is 53.6 Å². The summed E-state index contributed by atoms with van der Waals surface area (Å²) < 4.78 is 19.2. The molecule has 0 bridgehead atoms. The van der Waals surface area contributed by atoms with E-state index in [1.165, 1.54) is 18.3 Å². The minimum absolute atomic E-state index is 0.128. The molecule has 0 saturated heterocycles. The highest BCUT2D eigenvalue weighted by Gasteiger charge is 2.08. The molecule has 110 valence electrons.